The number of anilines is 2. The summed E-state index contributed by atoms with van der Waals surface area (Å²) in [6, 6.07) is 16.5. The molecule has 1 aliphatic heterocycles. The number of carboxylic acids is 1. The largest absolute Gasteiger partial charge is 0.477 e. The molecule has 3 aromatic rings. The number of carbonyl (C=O) groups is 1. The molecule has 9 heteroatoms. The molecule has 0 amide bonds. The van der Waals surface area contributed by atoms with Gasteiger partial charge in [0.25, 0.3) is 0 Å². The molecule has 1 saturated carbocycles. The average molecular weight is 528 g/mol. The van der Waals surface area contributed by atoms with Gasteiger partial charge in [-0.2, -0.15) is 4.31 Å². The van der Waals surface area contributed by atoms with Crippen LogP contribution in [0.25, 0.3) is 11.1 Å². The zero-order chi connectivity index (χ0) is 25.4. The summed E-state index contributed by atoms with van der Waals surface area (Å²) in [4.78, 5) is 17.9. The normalized spacial score (nSPS) is 21.4. The van der Waals surface area contributed by atoms with E-state index in [9.17, 15) is 19.0 Å². The maximum absolute atomic E-state index is 11.7. The fraction of sp³-hybridized carbons (Fsp3) is 0.333. The molecule has 1 aliphatic carbocycles. The number of para-hydroxylation sites is 1. The molecule has 190 valence electrons. The number of fused-ring (bicyclic) bond motifs is 1. The number of rotatable bonds is 4. The van der Waals surface area contributed by atoms with Crippen molar-refractivity contribution in [2.24, 2.45) is 5.92 Å². The first-order chi connectivity index (χ1) is 17.3. The van der Waals surface area contributed by atoms with Gasteiger partial charge in [0.2, 0.25) is 0 Å². The Balaban J connectivity index is 1.69. The minimum atomic E-state index is -3.37. The standard InChI is InChI=1S/C27H30ClN3O4S/c1-30-25(18-8-4-2-5-9-18)17-31(20-10-6-3-7-11-20)24-16-22(28)21(15-26(24)36(30,34)35)19-12-13-29-23(14-19)27(32)33/h3,6-7,10-16,18,25,34-35H,2,4-5,8-9,17H2,1H3,(H,32,33). The monoisotopic (exact) mass is 527 g/mol. The first-order valence-electron chi connectivity index (χ1n) is 12.1. The van der Waals surface area contributed by atoms with Gasteiger partial charge in [-0.3, -0.25) is 9.11 Å². The van der Waals surface area contributed by atoms with Gasteiger partial charge in [-0.05, 0) is 60.7 Å². The highest BCUT2D eigenvalue weighted by molar-refractivity contribution is 8.22. The molecule has 2 aliphatic rings. The third-order valence-electron chi connectivity index (χ3n) is 7.42. The van der Waals surface area contributed by atoms with E-state index in [4.69, 9.17) is 11.6 Å². The van der Waals surface area contributed by atoms with Gasteiger partial charge in [0.15, 0.2) is 0 Å². The number of halogens is 1. The van der Waals surface area contributed by atoms with Crippen LogP contribution in [0.5, 0.6) is 0 Å². The van der Waals surface area contributed by atoms with Crippen molar-refractivity contribution in [3.8, 4) is 11.1 Å². The summed E-state index contributed by atoms with van der Waals surface area (Å²) in [6.07, 6.45) is 7.05. The molecular weight excluding hydrogens is 498 g/mol. The Morgan fingerprint density at radius 1 is 1.06 bits per heavy atom. The number of aromatic carboxylic acids is 1. The molecule has 7 nitrogen and oxygen atoms in total. The topological polar surface area (TPSA) is 97.1 Å². The van der Waals surface area contributed by atoms with Crippen molar-refractivity contribution >= 4 is 39.7 Å². The zero-order valence-electron chi connectivity index (χ0n) is 20.0. The molecule has 3 N–H and O–H groups in total. The molecule has 1 unspecified atom stereocenters. The Hall–Kier alpha value is -2.62. The van der Waals surface area contributed by atoms with Crippen LogP contribution in [0.4, 0.5) is 11.4 Å². The van der Waals surface area contributed by atoms with Crippen molar-refractivity contribution in [1.29, 1.82) is 0 Å². The fourth-order valence-corrected chi connectivity index (χ4v) is 7.39. The summed E-state index contributed by atoms with van der Waals surface area (Å²) in [6.45, 7) is 0.599. The number of pyridine rings is 1. The molecule has 0 spiro atoms. The molecule has 2 aromatic carbocycles. The third-order valence-corrected chi connectivity index (χ3v) is 9.73. The molecule has 1 atom stereocenters. The summed E-state index contributed by atoms with van der Waals surface area (Å²) in [5.74, 6) is -0.791. The van der Waals surface area contributed by atoms with E-state index in [-0.39, 0.29) is 11.7 Å². The van der Waals surface area contributed by atoms with Crippen LogP contribution in [0.3, 0.4) is 0 Å². The van der Waals surface area contributed by atoms with Gasteiger partial charge in [-0.25, -0.2) is 9.78 Å². The molecule has 2 heterocycles. The van der Waals surface area contributed by atoms with Crippen LogP contribution in [-0.4, -0.2) is 49.1 Å². The van der Waals surface area contributed by atoms with Gasteiger partial charge in [-0.15, -0.1) is 10.8 Å². The second-order valence-electron chi connectivity index (χ2n) is 9.51. The predicted molar refractivity (Wildman–Crippen MR) is 144 cm³/mol. The van der Waals surface area contributed by atoms with Crippen LogP contribution in [-0.2, 0) is 0 Å². The van der Waals surface area contributed by atoms with E-state index in [2.05, 4.69) is 9.88 Å². The van der Waals surface area contributed by atoms with Gasteiger partial charge in [0, 0.05) is 37.1 Å². The van der Waals surface area contributed by atoms with Crippen molar-refractivity contribution in [1.82, 2.24) is 9.29 Å². The van der Waals surface area contributed by atoms with Crippen LogP contribution in [0.15, 0.2) is 65.7 Å². The fourth-order valence-electron chi connectivity index (χ4n) is 5.47. The minimum Gasteiger partial charge on any atom is -0.477 e. The molecular formula is C27H30ClN3O4S. The Morgan fingerprint density at radius 3 is 2.47 bits per heavy atom. The van der Waals surface area contributed by atoms with Crippen LogP contribution < -0.4 is 4.90 Å². The van der Waals surface area contributed by atoms with Crippen LogP contribution in [0, 0.1) is 5.92 Å². The summed E-state index contributed by atoms with van der Waals surface area (Å²) in [5.41, 5.74) is 2.56. The first-order valence-corrected chi connectivity index (χ1v) is 14.0. The predicted octanol–water partition coefficient (Wildman–Crippen LogP) is 7.16. The van der Waals surface area contributed by atoms with Crippen LogP contribution in [0.1, 0.15) is 42.6 Å². The lowest BCUT2D eigenvalue weighted by molar-refractivity contribution is 0.0690. The molecule has 1 fully saturated rings. The van der Waals surface area contributed by atoms with E-state index >= 15 is 0 Å². The second kappa shape index (κ2) is 10.0. The van der Waals surface area contributed by atoms with E-state index in [0.29, 0.717) is 39.2 Å². The number of carboxylic acid groups (broad SMARTS) is 1. The van der Waals surface area contributed by atoms with Crippen molar-refractivity contribution in [3.63, 3.8) is 0 Å². The zero-order valence-corrected chi connectivity index (χ0v) is 21.6. The smallest absolute Gasteiger partial charge is 0.354 e. The molecule has 36 heavy (non-hydrogen) atoms. The molecule has 0 saturated heterocycles. The Morgan fingerprint density at radius 2 is 1.78 bits per heavy atom. The summed E-state index contributed by atoms with van der Waals surface area (Å²) in [5, 5.41) is 9.80. The van der Waals surface area contributed by atoms with Gasteiger partial charge in [0.05, 0.1) is 15.6 Å². The number of hydrogen-bond acceptors (Lipinski definition) is 6. The highest BCUT2D eigenvalue weighted by Crippen LogP contribution is 2.60. The van der Waals surface area contributed by atoms with E-state index < -0.39 is 16.7 Å². The van der Waals surface area contributed by atoms with E-state index in [1.54, 1.807) is 29.6 Å². The van der Waals surface area contributed by atoms with Crippen molar-refractivity contribution in [2.45, 2.75) is 43.0 Å². The lowest BCUT2D eigenvalue weighted by atomic mass is 9.83. The SMILES string of the molecule is CN1C(C2CCCCC2)CN(c2ccccc2)c2cc(Cl)c(-c3ccnc(C(=O)O)c3)cc2S1(O)O. The van der Waals surface area contributed by atoms with Gasteiger partial charge in [-0.1, -0.05) is 49.1 Å². The van der Waals surface area contributed by atoms with Gasteiger partial charge < -0.3 is 10.0 Å². The maximum Gasteiger partial charge on any atom is 0.354 e. The summed E-state index contributed by atoms with van der Waals surface area (Å²) < 4.78 is 25.2. The van der Waals surface area contributed by atoms with E-state index in [1.807, 2.05) is 30.3 Å². The van der Waals surface area contributed by atoms with E-state index in [0.717, 1.165) is 31.4 Å². The quantitative estimate of drug-likeness (QED) is 0.331. The Kier molecular flexibility index (Phi) is 6.98. The third kappa shape index (κ3) is 4.60. The number of aromatic nitrogens is 1. The highest BCUT2D eigenvalue weighted by atomic mass is 35.5. The summed E-state index contributed by atoms with van der Waals surface area (Å²) in [7, 11) is -1.57. The van der Waals surface area contributed by atoms with Gasteiger partial charge in [0.1, 0.15) is 5.69 Å². The van der Waals surface area contributed by atoms with Gasteiger partial charge >= 0.3 is 5.97 Å². The number of benzene rings is 2. The maximum atomic E-state index is 11.7. The molecule has 0 radical (unpaired) electrons. The number of likely N-dealkylation sites (N-methyl/N-ethyl adjacent to an activating group) is 1. The molecule has 1 aromatic heterocycles. The average Bonchev–Trinajstić information content (AvgIpc) is 2.97. The Bertz CT molecular complexity index is 1270. The minimum absolute atomic E-state index is 0.0651. The van der Waals surface area contributed by atoms with E-state index in [1.165, 1.54) is 18.7 Å². The van der Waals surface area contributed by atoms with Crippen molar-refractivity contribution < 1.29 is 19.0 Å². The Labute approximate surface area is 217 Å². The first kappa shape index (κ1) is 25.0. The summed E-state index contributed by atoms with van der Waals surface area (Å²) >= 11 is 6.79. The lowest BCUT2D eigenvalue weighted by Crippen LogP contribution is -2.45. The van der Waals surface area contributed by atoms with Crippen LogP contribution in [0.2, 0.25) is 5.02 Å². The van der Waals surface area contributed by atoms with Crippen LogP contribution >= 0.6 is 22.4 Å². The van der Waals surface area contributed by atoms with Crippen molar-refractivity contribution in [3.05, 3.63) is 71.5 Å². The molecule has 5 rings (SSSR count). The second-order valence-corrected chi connectivity index (χ2v) is 12.0. The van der Waals surface area contributed by atoms with Crippen molar-refractivity contribution in [2.75, 3.05) is 18.5 Å². The number of nitrogens with zero attached hydrogens (tertiary/aromatic N) is 3. The lowest BCUT2D eigenvalue weighted by Gasteiger charge is -2.46. The number of hydrogen-bond donors (Lipinski definition) is 3. The molecule has 0 bridgehead atoms. The highest BCUT2D eigenvalue weighted by Gasteiger charge is 2.41.